The summed E-state index contributed by atoms with van der Waals surface area (Å²) in [5, 5.41) is 0. The topological polar surface area (TPSA) is 95.6 Å². The molecule has 0 radical (unpaired) electrons. The van der Waals surface area contributed by atoms with Crippen molar-refractivity contribution in [3.8, 4) is 0 Å². The van der Waals surface area contributed by atoms with Gasteiger partial charge in [-0.25, -0.2) is 4.98 Å². The van der Waals surface area contributed by atoms with Crippen molar-refractivity contribution in [2.45, 2.75) is 18.9 Å². The molecule has 1 N–H and O–H groups in total. The SMILES string of the molecule is CN(C)S(=O)(=O)N1CCOC(CCc2cc(=O)[nH]cn2)C1. The van der Waals surface area contributed by atoms with E-state index in [1.807, 2.05) is 0 Å². The van der Waals surface area contributed by atoms with E-state index in [1.165, 1.54) is 35.1 Å². The zero-order valence-electron chi connectivity index (χ0n) is 12.2. The number of hydrogen-bond acceptors (Lipinski definition) is 5. The van der Waals surface area contributed by atoms with Gasteiger partial charge in [0, 0.05) is 38.9 Å². The van der Waals surface area contributed by atoms with Crippen LogP contribution in [-0.4, -0.2) is 66.9 Å². The van der Waals surface area contributed by atoms with Crippen LogP contribution in [0.3, 0.4) is 0 Å². The zero-order chi connectivity index (χ0) is 15.5. The Labute approximate surface area is 123 Å². The second-order valence-electron chi connectivity index (χ2n) is 5.08. The summed E-state index contributed by atoms with van der Waals surface area (Å²) in [5.41, 5.74) is 0.483. The van der Waals surface area contributed by atoms with Gasteiger partial charge in [0.1, 0.15) is 0 Å². The summed E-state index contributed by atoms with van der Waals surface area (Å²) < 4.78 is 32.4. The van der Waals surface area contributed by atoms with Crippen LogP contribution in [0.2, 0.25) is 0 Å². The highest BCUT2D eigenvalue weighted by atomic mass is 32.2. The molecule has 1 unspecified atom stereocenters. The number of morpholine rings is 1. The fourth-order valence-corrected chi connectivity index (χ4v) is 3.28. The third-order valence-corrected chi connectivity index (χ3v) is 5.25. The molecule has 0 spiro atoms. The molecule has 1 aromatic rings. The summed E-state index contributed by atoms with van der Waals surface area (Å²) >= 11 is 0. The van der Waals surface area contributed by atoms with E-state index in [9.17, 15) is 13.2 Å². The van der Waals surface area contributed by atoms with Gasteiger partial charge >= 0.3 is 0 Å². The van der Waals surface area contributed by atoms with E-state index in [2.05, 4.69) is 9.97 Å². The number of hydrogen-bond donors (Lipinski definition) is 1. The average molecular weight is 316 g/mol. The summed E-state index contributed by atoms with van der Waals surface area (Å²) in [6, 6.07) is 1.44. The maximum absolute atomic E-state index is 12.1. The Kier molecular flexibility index (Phi) is 5.09. The summed E-state index contributed by atoms with van der Waals surface area (Å²) in [6.07, 6.45) is 2.37. The van der Waals surface area contributed by atoms with Crippen LogP contribution in [0.4, 0.5) is 0 Å². The van der Waals surface area contributed by atoms with Crippen molar-refractivity contribution in [3.05, 3.63) is 28.4 Å². The number of H-pyrrole nitrogens is 1. The molecular weight excluding hydrogens is 296 g/mol. The molecular formula is C12H20N4O4S. The lowest BCUT2D eigenvalue weighted by atomic mass is 10.1. The lowest BCUT2D eigenvalue weighted by molar-refractivity contribution is -0.00664. The average Bonchev–Trinajstić information content (AvgIpc) is 2.45. The first-order chi connectivity index (χ1) is 9.89. The molecule has 0 aliphatic carbocycles. The minimum absolute atomic E-state index is 0.186. The molecule has 1 atom stereocenters. The Morgan fingerprint density at radius 1 is 1.52 bits per heavy atom. The van der Waals surface area contributed by atoms with Gasteiger partial charge in [-0.1, -0.05) is 0 Å². The maximum Gasteiger partial charge on any atom is 0.281 e. The molecule has 1 fully saturated rings. The second kappa shape index (κ2) is 6.65. The fraction of sp³-hybridized carbons (Fsp3) is 0.667. The second-order valence-corrected chi connectivity index (χ2v) is 7.22. The van der Waals surface area contributed by atoms with Crippen molar-refractivity contribution in [1.29, 1.82) is 0 Å². The van der Waals surface area contributed by atoms with E-state index in [0.717, 1.165) is 0 Å². The zero-order valence-corrected chi connectivity index (χ0v) is 13.0. The third-order valence-electron chi connectivity index (χ3n) is 3.35. The van der Waals surface area contributed by atoms with E-state index in [0.29, 0.717) is 38.2 Å². The molecule has 2 rings (SSSR count). The number of nitrogens with one attached hydrogen (secondary N) is 1. The van der Waals surface area contributed by atoms with E-state index < -0.39 is 10.2 Å². The van der Waals surface area contributed by atoms with E-state index in [1.54, 1.807) is 0 Å². The van der Waals surface area contributed by atoms with Crippen molar-refractivity contribution < 1.29 is 13.2 Å². The molecule has 0 aromatic carbocycles. The normalized spacial score (nSPS) is 20.8. The Morgan fingerprint density at radius 3 is 2.95 bits per heavy atom. The fourth-order valence-electron chi connectivity index (χ4n) is 2.16. The van der Waals surface area contributed by atoms with Gasteiger partial charge < -0.3 is 9.72 Å². The van der Waals surface area contributed by atoms with Crippen molar-refractivity contribution in [3.63, 3.8) is 0 Å². The molecule has 8 nitrogen and oxygen atoms in total. The van der Waals surface area contributed by atoms with Crippen LogP contribution in [0, 0.1) is 0 Å². The number of aromatic amines is 1. The lowest BCUT2D eigenvalue weighted by Gasteiger charge is -2.33. The number of ether oxygens (including phenoxy) is 1. The Morgan fingerprint density at radius 2 is 2.29 bits per heavy atom. The first-order valence-electron chi connectivity index (χ1n) is 6.72. The smallest absolute Gasteiger partial charge is 0.281 e. The van der Waals surface area contributed by atoms with Gasteiger partial charge in [0.25, 0.3) is 15.8 Å². The van der Waals surface area contributed by atoms with Crippen LogP contribution in [0.25, 0.3) is 0 Å². The van der Waals surface area contributed by atoms with Crippen molar-refractivity contribution in [1.82, 2.24) is 18.6 Å². The lowest BCUT2D eigenvalue weighted by Crippen LogP contribution is -2.49. The monoisotopic (exact) mass is 316 g/mol. The highest BCUT2D eigenvalue weighted by Gasteiger charge is 2.30. The summed E-state index contributed by atoms with van der Waals surface area (Å²) in [5.74, 6) is 0. The van der Waals surface area contributed by atoms with Crippen LogP contribution < -0.4 is 5.56 Å². The summed E-state index contributed by atoms with van der Waals surface area (Å²) in [4.78, 5) is 17.7. The van der Waals surface area contributed by atoms with Gasteiger partial charge in [-0.15, -0.1) is 0 Å². The van der Waals surface area contributed by atoms with Crippen LogP contribution >= 0.6 is 0 Å². The molecule has 118 valence electrons. The standard InChI is InChI=1S/C12H20N4O4S/c1-15(2)21(18,19)16-5-6-20-11(8-16)4-3-10-7-12(17)14-9-13-10/h7,9,11H,3-6,8H2,1-2H3,(H,13,14,17). The highest BCUT2D eigenvalue weighted by Crippen LogP contribution is 2.15. The Bertz CT molecular complexity index is 628. The van der Waals surface area contributed by atoms with E-state index in [4.69, 9.17) is 4.74 Å². The van der Waals surface area contributed by atoms with Crippen LogP contribution in [-0.2, 0) is 21.4 Å². The van der Waals surface area contributed by atoms with Gasteiger partial charge in [0.15, 0.2) is 0 Å². The molecule has 0 bridgehead atoms. The number of rotatable bonds is 5. The Balaban J connectivity index is 1.94. The van der Waals surface area contributed by atoms with Crippen LogP contribution in [0.5, 0.6) is 0 Å². The molecule has 0 amide bonds. The molecule has 1 saturated heterocycles. The molecule has 21 heavy (non-hydrogen) atoms. The van der Waals surface area contributed by atoms with Crippen LogP contribution in [0.1, 0.15) is 12.1 Å². The number of aryl methyl sites for hydroxylation is 1. The molecule has 1 aromatic heterocycles. The van der Waals surface area contributed by atoms with Crippen molar-refractivity contribution in [2.24, 2.45) is 0 Å². The van der Waals surface area contributed by atoms with Gasteiger partial charge in [0.2, 0.25) is 0 Å². The minimum atomic E-state index is -3.41. The molecule has 1 aliphatic rings. The maximum atomic E-state index is 12.1. The predicted molar refractivity (Wildman–Crippen MR) is 77.1 cm³/mol. The Hall–Kier alpha value is -1.29. The quantitative estimate of drug-likeness (QED) is 0.768. The van der Waals surface area contributed by atoms with E-state index in [-0.39, 0.29) is 11.7 Å². The van der Waals surface area contributed by atoms with Crippen molar-refractivity contribution >= 4 is 10.2 Å². The van der Waals surface area contributed by atoms with Gasteiger partial charge in [-0.3, -0.25) is 4.79 Å². The highest BCUT2D eigenvalue weighted by molar-refractivity contribution is 7.86. The van der Waals surface area contributed by atoms with Gasteiger partial charge in [-0.2, -0.15) is 17.0 Å². The molecule has 9 heteroatoms. The van der Waals surface area contributed by atoms with Gasteiger partial charge in [-0.05, 0) is 12.8 Å². The van der Waals surface area contributed by atoms with Gasteiger partial charge in [0.05, 0.1) is 19.0 Å². The number of aromatic nitrogens is 2. The van der Waals surface area contributed by atoms with Crippen LogP contribution in [0.15, 0.2) is 17.2 Å². The largest absolute Gasteiger partial charge is 0.375 e. The summed E-state index contributed by atoms with van der Waals surface area (Å²) in [6.45, 7) is 1.06. The third kappa shape index (κ3) is 4.10. The first kappa shape index (κ1) is 16.1. The van der Waals surface area contributed by atoms with Crippen molar-refractivity contribution in [2.75, 3.05) is 33.8 Å². The predicted octanol–water partition coefficient (Wildman–Crippen LogP) is -0.790. The number of nitrogens with zero attached hydrogens (tertiary/aromatic N) is 3. The van der Waals surface area contributed by atoms with E-state index >= 15 is 0 Å². The summed E-state index contributed by atoms with van der Waals surface area (Å²) in [7, 11) is -0.379. The molecule has 2 heterocycles. The minimum Gasteiger partial charge on any atom is -0.375 e. The molecule has 0 saturated carbocycles. The molecule has 1 aliphatic heterocycles. The first-order valence-corrected chi connectivity index (χ1v) is 8.12.